The highest BCUT2D eigenvalue weighted by molar-refractivity contribution is 5.23. The molecule has 0 radical (unpaired) electrons. The first kappa shape index (κ1) is 15.6. The van der Waals surface area contributed by atoms with E-state index in [1.165, 1.54) is 24.0 Å². The lowest BCUT2D eigenvalue weighted by atomic mass is 9.92. The molecule has 1 aromatic rings. The molecule has 1 aromatic carbocycles. The molecule has 2 rings (SSSR count). The van der Waals surface area contributed by atoms with Gasteiger partial charge in [0.1, 0.15) is 12.4 Å². The number of hydrogen-bond donors (Lipinski definition) is 0. The quantitative estimate of drug-likeness (QED) is 0.545. The summed E-state index contributed by atoms with van der Waals surface area (Å²) in [4.78, 5) is 0. The van der Waals surface area contributed by atoms with Crippen LogP contribution in [-0.4, -0.2) is 13.2 Å². The lowest BCUT2D eigenvalue weighted by Crippen LogP contribution is -2.17. The van der Waals surface area contributed by atoms with E-state index in [2.05, 4.69) is 37.4 Å². The standard InChI is InChI=1S/C19H24O2/c1-3-4-5-16(2)21-15-19-8-6-17(7-9-19)14-18-10-12-20-13-11-18/h3-9,18H,1-2,10-15H2. The van der Waals surface area contributed by atoms with Crippen LogP contribution in [0.5, 0.6) is 0 Å². The first-order chi connectivity index (χ1) is 10.3. The molecule has 0 saturated carbocycles. The molecule has 0 bridgehead atoms. The Balaban J connectivity index is 1.79. The topological polar surface area (TPSA) is 18.5 Å². The second-order valence-corrected chi connectivity index (χ2v) is 5.43. The average Bonchev–Trinajstić information content (AvgIpc) is 2.53. The van der Waals surface area contributed by atoms with Crippen LogP contribution < -0.4 is 0 Å². The average molecular weight is 284 g/mol. The molecule has 21 heavy (non-hydrogen) atoms. The summed E-state index contributed by atoms with van der Waals surface area (Å²) in [6.45, 7) is 9.83. The molecule has 1 aliphatic rings. The van der Waals surface area contributed by atoms with E-state index in [0.717, 1.165) is 25.6 Å². The zero-order valence-electron chi connectivity index (χ0n) is 12.6. The van der Waals surface area contributed by atoms with Gasteiger partial charge in [-0.1, -0.05) is 49.6 Å². The molecule has 1 fully saturated rings. The van der Waals surface area contributed by atoms with Crippen molar-refractivity contribution < 1.29 is 9.47 Å². The Bertz CT molecular complexity index is 479. The Labute approximate surface area is 127 Å². The molecule has 2 heteroatoms. The van der Waals surface area contributed by atoms with Crippen molar-refractivity contribution >= 4 is 0 Å². The van der Waals surface area contributed by atoms with Crippen LogP contribution in [0.1, 0.15) is 24.0 Å². The van der Waals surface area contributed by atoms with Crippen molar-refractivity contribution in [3.63, 3.8) is 0 Å². The van der Waals surface area contributed by atoms with Crippen molar-refractivity contribution in [2.24, 2.45) is 5.92 Å². The fraction of sp³-hybridized carbons (Fsp3) is 0.368. The second kappa shape index (κ2) is 8.48. The summed E-state index contributed by atoms with van der Waals surface area (Å²) in [5.74, 6) is 1.42. The van der Waals surface area contributed by atoms with Crippen LogP contribution in [0.15, 0.2) is 61.4 Å². The van der Waals surface area contributed by atoms with Crippen molar-refractivity contribution in [3.8, 4) is 0 Å². The molecule has 0 aromatic heterocycles. The van der Waals surface area contributed by atoms with E-state index in [4.69, 9.17) is 9.47 Å². The molecule has 1 heterocycles. The first-order valence-corrected chi connectivity index (χ1v) is 7.54. The number of benzene rings is 1. The van der Waals surface area contributed by atoms with Crippen LogP contribution in [0.4, 0.5) is 0 Å². The number of rotatable bonds is 7. The first-order valence-electron chi connectivity index (χ1n) is 7.54. The molecule has 2 nitrogen and oxygen atoms in total. The van der Waals surface area contributed by atoms with Gasteiger partial charge >= 0.3 is 0 Å². The minimum atomic E-state index is 0.553. The molecule has 0 N–H and O–H groups in total. The van der Waals surface area contributed by atoms with E-state index >= 15 is 0 Å². The van der Waals surface area contributed by atoms with Gasteiger partial charge in [-0.05, 0) is 42.4 Å². The van der Waals surface area contributed by atoms with E-state index in [1.54, 1.807) is 6.08 Å². The summed E-state index contributed by atoms with van der Waals surface area (Å²) in [6, 6.07) is 8.69. The predicted molar refractivity (Wildman–Crippen MR) is 87.0 cm³/mol. The summed E-state index contributed by atoms with van der Waals surface area (Å²) < 4.78 is 11.0. The molecule has 0 spiro atoms. The number of hydrogen-bond acceptors (Lipinski definition) is 2. The van der Waals surface area contributed by atoms with Crippen LogP contribution in [0.3, 0.4) is 0 Å². The molecule has 0 amide bonds. The van der Waals surface area contributed by atoms with E-state index in [-0.39, 0.29) is 0 Å². The van der Waals surface area contributed by atoms with Gasteiger partial charge in [0, 0.05) is 13.2 Å². The molecule has 1 aliphatic heterocycles. The highest BCUT2D eigenvalue weighted by Crippen LogP contribution is 2.20. The van der Waals surface area contributed by atoms with Crippen LogP contribution in [0, 0.1) is 5.92 Å². The Morgan fingerprint density at radius 3 is 2.52 bits per heavy atom. The summed E-state index contributed by atoms with van der Waals surface area (Å²) in [7, 11) is 0. The van der Waals surface area contributed by atoms with Crippen LogP contribution in [-0.2, 0) is 22.5 Å². The van der Waals surface area contributed by atoms with Gasteiger partial charge in [0.25, 0.3) is 0 Å². The van der Waals surface area contributed by atoms with Gasteiger partial charge in [-0.3, -0.25) is 0 Å². The summed E-state index contributed by atoms with van der Waals surface area (Å²) in [5, 5.41) is 0. The van der Waals surface area contributed by atoms with Gasteiger partial charge in [-0.2, -0.15) is 0 Å². The predicted octanol–water partition coefficient (Wildman–Crippen LogP) is 4.43. The molecular formula is C19H24O2. The summed E-state index contributed by atoms with van der Waals surface area (Å²) in [6.07, 6.45) is 8.85. The summed E-state index contributed by atoms with van der Waals surface area (Å²) >= 11 is 0. The van der Waals surface area contributed by atoms with Crippen molar-refractivity contribution in [1.82, 2.24) is 0 Å². The Morgan fingerprint density at radius 1 is 1.19 bits per heavy atom. The SMILES string of the molecule is C=CC=CC(=C)OCc1ccc(CC2CCOCC2)cc1. The maximum absolute atomic E-state index is 5.57. The number of allylic oxidation sites excluding steroid dienone is 3. The van der Waals surface area contributed by atoms with E-state index in [9.17, 15) is 0 Å². The van der Waals surface area contributed by atoms with Gasteiger partial charge in [0.2, 0.25) is 0 Å². The minimum Gasteiger partial charge on any atom is -0.490 e. The molecule has 0 atom stereocenters. The van der Waals surface area contributed by atoms with Crippen LogP contribution >= 0.6 is 0 Å². The summed E-state index contributed by atoms with van der Waals surface area (Å²) in [5.41, 5.74) is 2.56. The van der Waals surface area contributed by atoms with E-state index in [0.29, 0.717) is 12.4 Å². The largest absolute Gasteiger partial charge is 0.490 e. The van der Waals surface area contributed by atoms with Gasteiger partial charge in [-0.25, -0.2) is 0 Å². The van der Waals surface area contributed by atoms with Gasteiger partial charge in [0.05, 0.1) is 0 Å². The van der Waals surface area contributed by atoms with Crippen molar-refractivity contribution in [2.75, 3.05) is 13.2 Å². The maximum Gasteiger partial charge on any atom is 0.113 e. The third-order valence-electron chi connectivity index (χ3n) is 3.73. The molecule has 0 aliphatic carbocycles. The van der Waals surface area contributed by atoms with Gasteiger partial charge in [0.15, 0.2) is 0 Å². The second-order valence-electron chi connectivity index (χ2n) is 5.43. The lowest BCUT2D eigenvalue weighted by Gasteiger charge is -2.22. The van der Waals surface area contributed by atoms with Crippen LogP contribution in [0.25, 0.3) is 0 Å². The van der Waals surface area contributed by atoms with Crippen molar-refractivity contribution in [3.05, 3.63) is 72.5 Å². The minimum absolute atomic E-state index is 0.553. The fourth-order valence-electron chi connectivity index (χ4n) is 2.45. The van der Waals surface area contributed by atoms with Gasteiger partial charge in [-0.15, -0.1) is 0 Å². The highest BCUT2D eigenvalue weighted by Gasteiger charge is 2.13. The van der Waals surface area contributed by atoms with Crippen LogP contribution in [0.2, 0.25) is 0 Å². The normalized spacial score (nSPS) is 16.0. The maximum atomic E-state index is 5.57. The van der Waals surface area contributed by atoms with Crippen molar-refractivity contribution in [2.45, 2.75) is 25.9 Å². The Kier molecular flexibility index (Phi) is 6.29. The Morgan fingerprint density at radius 2 is 1.86 bits per heavy atom. The molecular weight excluding hydrogens is 260 g/mol. The highest BCUT2D eigenvalue weighted by atomic mass is 16.5. The monoisotopic (exact) mass is 284 g/mol. The lowest BCUT2D eigenvalue weighted by molar-refractivity contribution is 0.0665. The zero-order valence-corrected chi connectivity index (χ0v) is 12.6. The smallest absolute Gasteiger partial charge is 0.113 e. The van der Waals surface area contributed by atoms with Gasteiger partial charge < -0.3 is 9.47 Å². The molecule has 0 unspecified atom stereocenters. The molecule has 1 saturated heterocycles. The zero-order chi connectivity index (χ0) is 14.9. The third kappa shape index (κ3) is 5.60. The van der Waals surface area contributed by atoms with Crippen molar-refractivity contribution in [1.29, 1.82) is 0 Å². The van der Waals surface area contributed by atoms with E-state index in [1.807, 2.05) is 12.2 Å². The number of ether oxygens (including phenoxy) is 2. The van der Waals surface area contributed by atoms with E-state index < -0.39 is 0 Å². The third-order valence-corrected chi connectivity index (χ3v) is 3.73. The fourth-order valence-corrected chi connectivity index (χ4v) is 2.45. The Hall–Kier alpha value is -1.80. The molecule has 112 valence electrons.